The van der Waals surface area contributed by atoms with E-state index < -0.39 is 11.9 Å². The van der Waals surface area contributed by atoms with Crippen molar-refractivity contribution in [1.29, 1.82) is 0 Å². The summed E-state index contributed by atoms with van der Waals surface area (Å²) in [4.78, 5) is 33.2. The molecule has 2 aromatic heterocycles. The lowest BCUT2D eigenvalue weighted by molar-refractivity contribution is 0.0604. The molecule has 0 spiro atoms. The number of rotatable bonds is 4. The third kappa shape index (κ3) is 3.11. The van der Waals surface area contributed by atoms with Crippen LogP contribution in [0.25, 0.3) is 10.2 Å². The number of aromatic carboxylic acids is 1. The Labute approximate surface area is 153 Å². The van der Waals surface area contributed by atoms with Crippen LogP contribution in [0.3, 0.4) is 0 Å². The van der Waals surface area contributed by atoms with Crippen LogP contribution in [0.2, 0.25) is 0 Å². The number of aromatic nitrogens is 2. The molecular formula is C18H17N3O4S. The van der Waals surface area contributed by atoms with Crippen molar-refractivity contribution in [2.75, 3.05) is 12.4 Å². The summed E-state index contributed by atoms with van der Waals surface area (Å²) in [5, 5.41) is 13.1. The van der Waals surface area contributed by atoms with Gasteiger partial charge in [-0.15, -0.1) is 11.3 Å². The molecule has 0 radical (unpaired) electrons. The van der Waals surface area contributed by atoms with Crippen LogP contribution in [-0.2, 0) is 4.74 Å². The first-order valence-electron chi connectivity index (χ1n) is 7.78. The fraction of sp³-hybridized carbons (Fsp3) is 0.222. The Morgan fingerprint density at radius 1 is 1.19 bits per heavy atom. The summed E-state index contributed by atoms with van der Waals surface area (Å²) in [5.74, 6) is -0.346. The number of carboxylic acid groups (broad SMARTS) is 1. The summed E-state index contributed by atoms with van der Waals surface area (Å²) in [6.45, 7) is 5.45. The Morgan fingerprint density at radius 3 is 2.58 bits per heavy atom. The number of nitrogens with one attached hydrogen (secondary N) is 1. The van der Waals surface area contributed by atoms with Gasteiger partial charge in [-0.05, 0) is 44.0 Å². The minimum Gasteiger partial charge on any atom is -0.478 e. The van der Waals surface area contributed by atoms with Gasteiger partial charge in [0.2, 0.25) is 0 Å². The van der Waals surface area contributed by atoms with Gasteiger partial charge in [-0.3, -0.25) is 0 Å². The molecule has 134 valence electrons. The van der Waals surface area contributed by atoms with Gasteiger partial charge < -0.3 is 15.2 Å². The number of nitrogens with zero attached hydrogens (tertiary/aromatic N) is 2. The first-order chi connectivity index (χ1) is 12.3. The van der Waals surface area contributed by atoms with Crippen LogP contribution in [-0.4, -0.2) is 34.1 Å². The number of anilines is 2. The Balaban J connectivity index is 2.16. The Hall–Kier alpha value is -3.00. The van der Waals surface area contributed by atoms with Crippen molar-refractivity contribution in [3.63, 3.8) is 0 Å². The smallest absolute Gasteiger partial charge is 0.348 e. The normalized spacial score (nSPS) is 10.8. The maximum absolute atomic E-state index is 12.0. The van der Waals surface area contributed by atoms with Crippen LogP contribution < -0.4 is 5.32 Å². The number of ether oxygens (including phenoxy) is 1. The molecule has 8 heteroatoms. The van der Waals surface area contributed by atoms with E-state index in [0.717, 1.165) is 16.5 Å². The molecule has 2 heterocycles. The summed E-state index contributed by atoms with van der Waals surface area (Å²) in [7, 11) is 1.34. The maximum atomic E-state index is 12.0. The van der Waals surface area contributed by atoms with Crippen molar-refractivity contribution in [2.24, 2.45) is 0 Å². The van der Waals surface area contributed by atoms with Crippen LogP contribution >= 0.6 is 11.3 Å². The highest BCUT2D eigenvalue weighted by atomic mass is 32.1. The number of esters is 1. The molecular weight excluding hydrogens is 354 g/mol. The topological polar surface area (TPSA) is 101 Å². The van der Waals surface area contributed by atoms with E-state index in [1.165, 1.54) is 18.4 Å². The average Bonchev–Trinajstić information content (AvgIpc) is 2.92. The van der Waals surface area contributed by atoms with Gasteiger partial charge in [0.25, 0.3) is 0 Å². The SMILES string of the molecule is COC(=O)c1sc2nc(C)nc(Nc3cc(C(=O)O)ccc3C)c2c1C. The number of carboxylic acids is 1. The van der Waals surface area contributed by atoms with Crippen molar-refractivity contribution in [2.45, 2.75) is 20.8 Å². The fourth-order valence-electron chi connectivity index (χ4n) is 2.64. The van der Waals surface area contributed by atoms with Gasteiger partial charge in [-0.2, -0.15) is 0 Å². The largest absolute Gasteiger partial charge is 0.478 e. The summed E-state index contributed by atoms with van der Waals surface area (Å²) < 4.78 is 4.83. The quantitative estimate of drug-likeness (QED) is 0.672. The lowest BCUT2D eigenvalue weighted by atomic mass is 10.1. The first kappa shape index (κ1) is 17.8. The molecule has 0 atom stereocenters. The predicted molar refractivity (Wildman–Crippen MR) is 99.6 cm³/mol. The fourth-order valence-corrected chi connectivity index (χ4v) is 3.79. The molecule has 0 unspecified atom stereocenters. The van der Waals surface area contributed by atoms with Gasteiger partial charge in [0.1, 0.15) is 21.3 Å². The lowest BCUT2D eigenvalue weighted by Gasteiger charge is -2.12. The van der Waals surface area contributed by atoms with Gasteiger partial charge in [-0.25, -0.2) is 19.6 Å². The number of fused-ring (bicyclic) bond motifs is 1. The highest BCUT2D eigenvalue weighted by Gasteiger charge is 2.21. The minimum absolute atomic E-state index is 0.178. The number of methoxy groups -OCH3 is 1. The zero-order valence-electron chi connectivity index (χ0n) is 14.7. The number of thiophene rings is 1. The van der Waals surface area contributed by atoms with E-state index >= 15 is 0 Å². The van der Waals surface area contributed by atoms with Crippen molar-refractivity contribution in [1.82, 2.24) is 9.97 Å². The van der Waals surface area contributed by atoms with Gasteiger partial charge >= 0.3 is 11.9 Å². The summed E-state index contributed by atoms with van der Waals surface area (Å²) in [6, 6.07) is 4.84. The summed E-state index contributed by atoms with van der Waals surface area (Å²) in [6.07, 6.45) is 0. The first-order valence-corrected chi connectivity index (χ1v) is 8.60. The zero-order valence-corrected chi connectivity index (χ0v) is 15.5. The molecule has 1 aromatic carbocycles. The molecule has 3 rings (SSSR count). The number of carbonyl (C=O) groups excluding carboxylic acids is 1. The standard InChI is InChI=1S/C18H17N3O4S/c1-8-5-6-11(17(22)23)7-12(8)21-15-13-9(2)14(18(24)25-4)26-16(13)20-10(3)19-15/h5-7H,1-4H3,(H,22,23)(H,19,20,21). The number of hydrogen-bond acceptors (Lipinski definition) is 7. The molecule has 0 aliphatic carbocycles. The highest BCUT2D eigenvalue weighted by Crippen LogP contribution is 2.36. The van der Waals surface area contributed by atoms with Gasteiger partial charge in [0.15, 0.2) is 0 Å². The third-order valence-corrected chi connectivity index (χ3v) is 5.18. The van der Waals surface area contributed by atoms with Crippen molar-refractivity contribution in [3.05, 3.63) is 45.6 Å². The molecule has 0 aliphatic rings. The molecule has 0 saturated carbocycles. The van der Waals surface area contributed by atoms with E-state index in [4.69, 9.17) is 4.74 Å². The molecule has 7 nitrogen and oxygen atoms in total. The minimum atomic E-state index is -1.00. The Morgan fingerprint density at radius 2 is 1.92 bits per heavy atom. The van der Waals surface area contributed by atoms with Crippen LogP contribution in [0.15, 0.2) is 18.2 Å². The maximum Gasteiger partial charge on any atom is 0.348 e. The van der Waals surface area contributed by atoms with Crippen LogP contribution in [0.1, 0.15) is 37.0 Å². The van der Waals surface area contributed by atoms with Crippen molar-refractivity contribution in [3.8, 4) is 0 Å². The second kappa shape index (κ2) is 6.72. The zero-order chi connectivity index (χ0) is 19.0. The van der Waals surface area contributed by atoms with Crippen LogP contribution in [0.4, 0.5) is 11.5 Å². The monoisotopic (exact) mass is 371 g/mol. The van der Waals surface area contributed by atoms with E-state index in [0.29, 0.717) is 27.0 Å². The third-order valence-electron chi connectivity index (χ3n) is 4.01. The van der Waals surface area contributed by atoms with Gasteiger partial charge in [0.05, 0.1) is 18.1 Å². The molecule has 0 amide bonds. The molecule has 0 aliphatic heterocycles. The summed E-state index contributed by atoms with van der Waals surface area (Å²) in [5.41, 5.74) is 2.42. The molecule has 0 fully saturated rings. The lowest BCUT2D eigenvalue weighted by Crippen LogP contribution is -2.03. The molecule has 3 aromatic rings. The molecule has 26 heavy (non-hydrogen) atoms. The van der Waals surface area contributed by atoms with E-state index in [9.17, 15) is 14.7 Å². The Bertz CT molecular complexity index is 1040. The van der Waals surface area contributed by atoms with E-state index in [1.807, 2.05) is 13.8 Å². The second-order valence-corrected chi connectivity index (χ2v) is 6.81. The second-order valence-electron chi connectivity index (χ2n) is 5.81. The van der Waals surface area contributed by atoms with E-state index in [1.54, 1.807) is 25.1 Å². The van der Waals surface area contributed by atoms with Gasteiger partial charge in [0, 0.05) is 5.69 Å². The number of carbonyl (C=O) groups is 2. The molecule has 0 bridgehead atoms. The number of hydrogen-bond donors (Lipinski definition) is 2. The number of benzene rings is 1. The van der Waals surface area contributed by atoms with Crippen molar-refractivity contribution >= 4 is 45.0 Å². The predicted octanol–water partition coefficient (Wildman–Crippen LogP) is 3.84. The van der Waals surface area contributed by atoms with Crippen LogP contribution in [0, 0.1) is 20.8 Å². The number of aryl methyl sites for hydroxylation is 3. The van der Waals surface area contributed by atoms with Crippen molar-refractivity contribution < 1.29 is 19.4 Å². The van der Waals surface area contributed by atoms with Crippen LogP contribution in [0.5, 0.6) is 0 Å². The summed E-state index contributed by atoms with van der Waals surface area (Å²) >= 11 is 1.25. The average molecular weight is 371 g/mol. The van der Waals surface area contributed by atoms with E-state index in [-0.39, 0.29) is 5.56 Å². The molecule has 0 saturated heterocycles. The van der Waals surface area contributed by atoms with Gasteiger partial charge in [-0.1, -0.05) is 6.07 Å². The Kier molecular flexibility index (Phi) is 4.60. The van der Waals surface area contributed by atoms with E-state index in [2.05, 4.69) is 15.3 Å². The highest BCUT2D eigenvalue weighted by molar-refractivity contribution is 7.20. The molecule has 2 N–H and O–H groups in total.